The molecule has 0 N–H and O–H groups in total. The van der Waals surface area contributed by atoms with Crippen LogP contribution in [0.2, 0.25) is 0 Å². The van der Waals surface area contributed by atoms with Gasteiger partial charge in [-0.1, -0.05) is 48.0 Å². The minimum Gasteiger partial charge on any atom is -0.494 e. The van der Waals surface area contributed by atoms with Gasteiger partial charge in [0.1, 0.15) is 11.2 Å². The lowest BCUT2D eigenvalue weighted by Crippen LogP contribution is -2.41. The maximum absolute atomic E-state index is 13.9. The Labute approximate surface area is 193 Å². The van der Waals surface area contributed by atoms with Crippen LogP contribution in [-0.2, 0) is 14.4 Å². The van der Waals surface area contributed by atoms with Gasteiger partial charge in [0, 0.05) is 0 Å². The first-order valence-electron chi connectivity index (χ1n) is 11.1. The third-order valence-corrected chi connectivity index (χ3v) is 6.48. The van der Waals surface area contributed by atoms with Crippen molar-refractivity contribution in [3.05, 3.63) is 90.0 Å². The predicted octanol–water partition coefficient (Wildman–Crippen LogP) is 4.83. The van der Waals surface area contributed by atoms with E-state index >= 15 is 0 Å². The molecule has 2 saturated heterocycles. The Bertz CT molecular complexity index is 1180. The highest BCUT2D eigenvalue weighted by atomic mass is 16.7. The number of hydrogen-bond donors (Lipinski definition) is 0. The van der Waals surface area contributed by atoms with Gasteiger partial charge in [0.25, 0.3) is 5.91 Å². The molecule has 3 aromatic rings. The lowest BCUT2D eigenvalue weighted by molar-refractivity contribution is -0.128. The molecule has 0 bridgehead atoms. The van der Waals surface area contributed by atoms with Crippen LogP contribution in [0.1, 0.15) is 31.0 Å². The van der Waals surface area contributed by atoms with Gasteiger partial charge >= 0.3 is 0 Å². The average molecular weight is 443 g/mol. The SMILES string of the molecule is CCOc1ccc(N2C(=O)C3ON(c4ccccc4)C(c4ccc(C)cc4)C3(C)C2=O)cc1. The van der Waals surface area contributed by atoms with Crippen LogP contribution >= 0.6 is 0 Å². The van der Waals surface area contributed by atoms with Crippen LogP contribution < -0.4 is 14.7 Å². The molecule has 0 spiro atoms. The number of carbonyl (C=O) groups is 2. The first-order valence-corrected chi connectivity index (χ1v) is 11.1. The van der Waals surface area contributed by atoms with Gasteiger partial charge in [-0.3, -0.25) is 14.4 Å². The van der Waals surface area contributed by atoms with E-state index in [1.807, 2.05) is 75.4 Å². The molecule has 0 aromatic heterocycles. The van der Waals surface area contributed by atoms with Crippen molar-refractivity contribution in [1.29, 1.82) is 0 Å². The molecule has 3 unspecified atom stereocenters. The second-order valence-corrected chi connectivity index (χ2v) is 8.65. The van der Waals surface area contributed by atoms with Gasteiger partial charge in [0.05, 0.1) is 24.0 Å². The van der Waals surface area contributed by atoms with Gasteiger partial charge in [-0.25, -0.2) is 9.96 Å². The zero-order valence-electron chi connectivity index (χ0n) is 18.9. The Morgan fingerprint density at radius 2 is 1.58 bits per heavy atom. The van der Waals surface area contributed by atoms with Crippen LogP contribution in [0.5, 0.6) is 5.75 Å². The van der Waals surface area contributed by atoms with Crippen molar-refractivity contribution in [1.82, 2.24) is 0 Å². The summed E-state index contributed by atoms with van der Waals surface area (Å²) in [7, 11) is 0. The molecule has 2 aliphatic rings. The van der Waals surface area contributed by atoms with Crippen molar-refractivity contribution in [2.24, 2.45) is 5.41 Å². The third kappa shape index (κ3) is 3.29. The Hall–Kier alpha value is -3.64. The quantitative estimate of drug-likeness (QED) is 0.530. The highest BCUT2D eigenvalue weighted by Gasteiger charge is 2.68. The van der Waals surface area contributed by atoms with Crippen LogP contribution in [0.15, 0.2) is 78.9 Å². The standard InChI is InChI=1S/C27H26N2O4/c1-4-32-22-16-14-20(15-17-22)28-25(30)24-27(3,26(28)31)23(19-12-10-18(2)11-13-19)29(33-24)21-8-6-5-7-9-21/h5-17,23-24H,4H2,1-3H3. The van der Waals surface area contributed by atoms with E-state index in [0.717, 1.165) is 16.8 Å². The number of nitrogens with zero attached hydrogens (tertiary/aromatic N) is 2. The second kappa shape index (κ2) is 8.05. The van der Waals surface area contributed by atoms with Crippen LogP contribution in [0.25, 0.3) is 0 Å². The summed E-state index contributed by atoms with van der Waals surface area (Å²) in [4.78, 5) is 35.0. The van der Waals surface area contributed by atoms with Gasteiger partial charge in [0.2, 0.25) is 5.91 Å². The summed E-state index contributed by atoms with van der Waals surface area (Å²) in [6.45, 7) is 6.30. The fourth-order valence-electron chi connectivity index (χ4n) is 4.78. The highest BCUT2D eigenvalue weighted by Crippen LogP contribution is 2.55. The Kier molecular flexibility index (Phi) is 5.17. The molecule has 2 fully saturated rings. The monoisotopic (exact) mass is 442 g/mol. The molecule has 2 aliphatic heterocycles. The summed E-state index contributed by atoms with van der Waals surface area (Å²) < 4.78 is 5.50. The van der Waals surface area contributed by atoms with E-state index in [2.05, 4.69) is 0 Å². The van der Waals surface area contributed by atoms with Gasteiger partial charge in [-0.15, -0.1) is 0 Å². The molecule has 33 heavy (non-hydrogen) atoms. The average Bonchev–Trinajstić information content (AvgIpc) is 3.24. The lowest BCUT2D eigenvalue weighted by atomic mass is 9.76. The molecule has 168 valence electrons. The maximum atomic E-state index is 13.9. The van der Waals surface area contributed by atoms with Crippen molar-refractivity contribution in [2.45, 2.75) is 32.9 Å². The first kappa shape index (κ1) is 21.2. The number of imide groups is 1. The summed E-state index contributed by atoms with van der Waals surface area (Å²) in [5, 5.41) is 1.72. The van der Waals surface area contributed by atoms with Crippen molar-refractivity contribution >= 4 is 23.2 Å². The molecule has 6 heteroatoms. The summed E-state index contributed by atoms with van der Waals surface area (Å²) in [6, 6.07) is 24.2. The van der Waals surface area contributed by atoms with Crippen molar-refractivity contribution in [3.8, 4) is 5.75 Å². The molecular weight excluding hydrogens is 416 g/mol. The van der Waals surface area contributed by atoms with Crippen LogP contribution in [-0.4, -0.2) is 24.5 Å². The minimum absolute atomic E-state index is 0.273. The van der Waals surface area contributed by atoms with E-state index < -0.39 is 17.6 Å². The van der Waals surface area contributed by atoms with E-state index in [1.54, 1.807) is 29.3 Å². The summed E-state index contributed by atoms with van der Waals surface area (Å²) in [5.74, 6) is 0.0589. The molecule has 0 saturated carbocycles. The van der Waals surface area contributed by atoms with E-state index in [-0.39, 0.29) is 11.8 Å². The molecular formula is C27H26N2O4. The van der Waals surface area contributed by atoms with E-state index in [1.165, 1.54) is 4.90 Å². The number of hydroxylamine groups is 1. The van der Waals surface area contributed by atoms with Crippen molar-refractivity contribution < 1.29 is 19.2 Å². The van der Waals surface area contributed by atoms with Crippen molar-refractivity contribution in [2.75, 3.05) is 16.6 Å². The fraction of sp³-hybridized carbons (Fsp3) is 0.259. The van der Waals surface area contributed by atoms with Crippen molar-refractivity contribution in [3.63, 3.8) is 0 Å². The Morgan fingerprint density at radius 1 is 0.909 bits per heavy atom. The molecule has 2 heterocycles. The molecule has 6 nitrogen and oxygen atoms in total. The number of carbonyl (C=O) groups excluding carboxylic acids is 2. The van der Waals surface area contributed by atoms with Gasteiger partial charge in [-0.05, 0) is 62.7 Å². The number of benzene rings is 3. The lowest BCUT2D eigenvalue weighted by Gasteiger charge is -2.32. The van der Waals surface area contributed by atoms with Gasteiger partial charge in [0.15, 0.2) is 6.10 Å². The van der Waals surface area contributed by atoms with E-state index in [4.69, 9.17) is 9.57 Å². The van der Waals surface area contributed by atoms with E-state index in [9.17, 15) is 9.59 Å². The van der Waals surface area contributed by atoms with Crippen LogP contribution in [0.4, 0.5) is 11.4 Å². The molecule has 2 amide bonds. The minimum atomic E-state index is -1.10. The zero-order chi connectivity index (χ0) is 23.2. The molecule has 3 atom stereocenters. The number of rotatable bonds is 5. The van der Waals surface area contributed by atoms with Crippen LogP contribution in [0.3, 0.4) is 0 Å². The predicted molar refractivity (Wildman–Crippen MR) is 126 cm³/mol. The highest BCUT2D eigenvalue weighted by molar-refractivity contribution is 6.25. The topological polar surface area (TPSA) is 59.1 Å². The molecule has 3 aromatic carbocycles. The fourth-order valence-corrected chi connectivity index (χ4v) is 4.78. The maximum Gasteiger partial charge on any atom is 0.266 e. The largest absolute Gasteiger partial charge is 0.494 e. The number of aryl methyl sites for hydroxylation is 1. The number of hydrogen-bond acceptors (Lipinski definition) is 5. The Balaban J connectivity index is 1.58. The molecule has 0 radical (unpaired) electrons. The van der Waals surface area contributed by atoms with Crippen LogP contribution in [0, 0.1) is 12.3 Å². The smallest absolute Gasteiger partial charge is 0.266 e. The summed E-state index contributed by atoms with van der Waals surface area (Å²) in [5.41, 5.74) is 2.26. The Morgan fingerprint density at radius 3 is 2.21 bits per heavy atom. The van der Waals surface area contributed by atoms with E-state index in [0.29, 0.717) is 18.0 Å². The molecule has 0 aliphatic carbocycles. The number of fused-ring (bicyclic) bond motifs is 1. The second-order valence-electron chi connectivity index (χ2n) is 8.65. The molecule has 5 rings (SSSR count). The summed E-state index contributed by atoms with van der Waals surface area (Å²) >= 11 is 0. The van der Waals surface area contributed by atoms with Gasteiger partial charge < -0.3 is 4.74 Å². The zero-order valence-corrected chi connectivity index (χ0v) is 18.9. The number of anilines is 2. The first-order chi connectivity index (χ1) is 15.9. The summed E-state index contributed by atoms with van der Waals surface area (Å²) in [6.07, 6.45) is -0.928. The van der Waals surface area contributed by atoms with Gasteiger partial charge in [-0.2, -0.15) is 0 Å². The number of para-hydroxylation sites is 1. The number of amides is 2. The normalized spacial score (nSPS) is 24.3. The number of ether oxygens (including phenoxy) is 1. The third-order valence-electron chi connectivity index (χ3n) is 6.48.